The lowest BCUT2D eigenvalue weighted by atomic mass is 9.81. The molecule has 4 aromatic carbocycles. The number of rotatable bonds is 16. The van der Waals surface area contributed by atoms with E-state index in [1.54, 1.807) is 0 Å². The van der Waals surface area contributed by atoms with E-state index in [4.69, 9.17) is 42.1 Å². The second-order valence-electron chi connectivity index (χ2n) is 18.5. The molecule has 8 bridgehead atoms. The molecule has 0 unspecified atom stereocenters. The molecule has 0 saturated carbocycles. The van der Waals surface area contributed by atoms with Crippen LogP contribution in [0.4, 0.5) is 11.4 Å². The topological polar surface area (TPSA) is 95.1 Å². The molecule has 1 aliphatic carbocycles. The maximum atomic E-state index is 12.9. The van der Waals surface area contributed by atoms with Gasteiger partial charge in [-0.15, -0.1) is 23.2 Å². The third-order valence-electron chi connectivity index (χ3n) is 10.8. The van der Waals surface area contributed by atoms with Gasteiger partial charge in [0.15, 0.2) is 0 Å². The van der Waals surface area contributed by atoms with Crippen molar-refractivity contribution in [1.82, 2.24) is 0 Å². The van der Waals surface area contributed by atoms with Gasteiger partial charge in [0.2, 0.25) is 11.8 Å². The second-order valence-corrected chi connectivity index (χ2v) is 19.0. The fourth-order valence-corrected chi connectivity index (χ4v) is 7.98. The fraction of sp³-hybridized carbons (Fsp3) is 0.500. The maximum Gasteiger partial charge on any atom is 0.239 e. The average Bonchev–Trinajstić information content (AvgIpc) is 3.21. The van der Waals surface area contributed by atoms with E-state index < -0.39 is 0 Å². The van der Waals surface area contributed by atoms with Gasteiger partial charge in [-0.1, -0.05) is 93.5 Å². The predicted molar refractivity (Wildman–Crippen MR) is 256 cm³/mol. The minimum Gasteiger partial charge on any atom is -0.493 e. The van der Waals surface area contributed by atoms with E-state index in [2.05, 4.69) is 104 Å². The van der Waals surface area contributed by atoms with E-state index in [-0.39, 0.29) is 34.4 Å². The summed E-state index contributed by atoms with van der Waals surface area (Å²) in [5.41, 5.74) is 11.0. The number of benzene rings is 4. The van der Waals surface area contributed by atoms with Crippen LogP contribution in [0, 0.1) is 0 Å². The highest BCUT2D eigenvalue weighted by atomic mass is 35.5. The van der Waals surface area contributed by atoms with Gasteiger partial charge in [-0.3, -0.25) is 9.59 Å². The Balaban J connectivity index is 1.99. The van der Waals surface area contributed by atoms with Gasteiger partial charge in [-0.2, -0.15) is 0 Å². The number of carbonyl (C=O) groups is 2. The summed E-state index contributed by atoms with van der Waals surface area (Å²) in [5, 5.41) is 6.08. The molecule has 2 N–H and O–H groups in total. The summed E-state index contributed by atoms with van der Waals surface area (Å²) in [4.78, 5) is 25.9. The second kappa shape index (κ2) is 21.8. The smallest absolute Gasteiger partial charge is 0.239 e. The molecule has 0 radical (unpaired) electrons. The minimum absolute atomic E-state index is 0.176. The number of amides is 2. The Morgan fingerprint density at radius 3 is 0.871 bits per heavy atom. The molecule has 0 aliphatic heterocycles. The van der Waals surface area contributed by atoms with Gasteiger partial charge < -0.3 is 29.6 Å². The zero-order valence-corrected chi connectivity index (χ0v) is 40.2. The van der Waals surface area contributed by atoms with Crippen LogP contribution in [0.25, 0.3) is 0 Å². The quantitative estimate of drug-likeness (QED) is 0.0959. The molecule has 4 aromatic rings. The number of halogens is 2. The highest BCUT2D eigenvalue weighted by molar-refractivity contribution is 6.29. The van der Waals surface area contributed by atoms with Crippen molar-refractivity contribution in [3.05, 3.63) is 104 Å². The molecule has 10 heteroatoms. The van der Waals surface area contributed by atoms with E-state index in [1.165, 1.54) is 11.1 Å². The van der Waals surface area contributed by atoms with Gasteiger partial charge >= 0.3 is 0 Å². The van der Waals surface area contributed by atoms with Gasteiger partial charge in [0.05, 0.1) is 26.4 Å². The lowest BCUT2D eigenvalue weighted by Crippen LogP contribution is -2.17. The standard InChI is InChI=1S/C52H68Cl2N2O6/c1-11-15-59-47-33-19-34-24-42(52(8,9)10)26-36(48(34)60-16-12-2)21-38-28-44(56-46(58)32-54)30-40(50(38)62-18-14-4)22-39-29-43(55-45(57)31-53)27-37(49(39)61-17-13-3)20-35(47)25-41(23-33)51(5,6)7/h23-30H,11-22,31-32H2,1-10H3,(H,55,57)(H,56,58). The first kappa shape index (κ1) is 48.6. The Morgan fingerprint density at radius 1 is 0.452 bits per heavy atom. The molecule has 2 amide bonds. The van der Waals surface area contributed by atoms with Crippen LogP contribution in [-0.2, 0) is 46.1 Å². The molecule has 5 rings (SSSR count). The van der Waals surface area contributed by atoms with Crippen LogP contribution < -0.4 is 29.6 Å². The van der Waals surface area contributed by atoms with E-state index in [0.29, 0.717) is 63.5 Å². The Labute approximate surface area is 380 Å². The first-order valence-corrected chi connectivity index (χ1v) is 23.5. The molecule has 0 atom stereocenters. The third-order valence-corrected chi connectivity index (χ3v) is 11.3. The largest absolute Gasteiger partial charge is 0.493 e. The summed E-state index contributed by atoms with van der Waals surface area (Å²) >= 11 is 12.1. The van der Waals surface area contributed by atoms with Crippen molar-refractivity contribution in [2.75, 3.05) is 48.8 Å². The lowest BCUT2D eigenvalue weighted by Gasteiger charge is -2.28. The molecular formula is C52H68Cl2N2O6. The van der Waals surface area contributed by atoms with Crippen LogP contribution in [0.1, 0.15) is 151 Å². The summed E-state index contributed by atoms with van der Waals surface area (Å²) in [6.45, 7) is 24.0. The van der Waals surface area contributed by atoms with Gasteiger partial charge in [-0.05, 0) is 94.2 Å². The van der Waals surface area contributed by atoms with Gasteiger partial charge in [0, 0.05) is 59.3 Å². The van der Waals surface area contributed by atoms with Crippen LogP contribution in [0.2, 0.25) is 0 Å². The van der Waals surface area contributed by atoms with Gasteiger partial charge in [0.1, 0.15) is 34.8 Å². The first-order chi connectivity index (χ1) is 29.5. The van der Waals surface area contributed by atoms with Crippen molar-refractivity contribution in [2.24, 2.45) is 0 Å². The Morgan fingerprint density at radius 2 is 0.677 bits per heavy atom. The van der Waals surface area contributed by atoms with E-state index in [1.807, 2.05) is 24.3 Å². The number of anilines is 2. The van der Waals surface area contributed by atoms with Crippen molar-refractivity contribution in [1.29, 1.82) is 0 Å². The van der Waals surface area contributed by atoms with Crippen LogP contribution in [0.3, 0.4) is 0 Å². The monoisotopic (exact) mass is 886 g/mol. The summed E-state index contributed by atoms with van der Waals surface area (Å²) in [6.07, 6.45) is 5.15. The molecule has 0 heterocycles. The SMILES string of the molecule is CCCOc1c2cc(NC(=O)CCl)cc1Cc1cc(C(C)(C)C)cc(c1OCCC)Cc1cc(C(C)(C)C)cc(c1OCCC)Cc1cc(NC(=O)CCl)cc(c1OCCC)C2. The number of ether oxygens (including phenoxy) is 4. The summed E-state index contributed by atoms with van der Waals surface area (Å²) in [5.74, 6) is 2.19. The number of fused-ring (bicyclic) bond motifs is 8. The van der Waals surface area contributed by atoms with Crippen LogP contribution in [-0.4, -0.2) is 50.0 Å². The molecule has 0 fully saturated rings. The predicted octanol–water partition coefficient (Wildman–Crippen LogP) is 12.5. The zero-order chi connectivity index (χ0) is 45.2. The van der Waals surface area contributed by atoms with E-state index >= 15 is 0 Å². The van der Waals surface area contributed by atoms with Crippen molar-refractivity contribution < 1.29 is 28.5 Å². The van der Waals surface area contributed by atoms with Crippen LogP contribution in [0.5, 0.6) is 23.0 Å². The molecule has 1 aliphatic rings. The summed E-state index contributed by atoms with van der Waals surface area (Å²) < 4.78 is 27.2. The lowest BCUT2D eigenvalue weighted by molar-refractivity contribution is -0.114. The van der Waals surface area contributed by atoms with Crippen molar-refractivity contribution in [3.63, 3.8) is 0 Å². The van der Waals surface area contributed by atoms with Crippen molar-refractivity contribution in [3.8, 4) is 23.0 Å². The maximum absolute atomic E-state index is 12.9. The zero-order valence-electron chi connectivity index (χ0n) is 38.7. The number of nitrogens with one attached hydrogen (secondary N) is 2. The van der Waals surface area contributed by atoms with Crippen LogP contribution >= 0.6 is 23.2 Å². The number of carbonyl (C=O) groups excluding carboxylic acids is 2. The summed E-state index contributed by atoms with van der Waals surface area (Å²) in [6, 6.07) is 17.1. The van der Waals surface area contributed by atoms with Gasteiger partial charge in [-0.25, -0.2) is 0 Å². The van der Waals surface area contributed by atoms with E-state index in [0.717, 1.165) is 93.2 Å². The average molecular weight is 888 g/mol. The molecular weight excluding hydrogens is 819 g/mol. The number of hydrogen-bond donors (Lipinski definition) is 2. The van der Waals surface area contributed by atoms with Crippen LogP contribution in [0.15, 0.2) is 48.5 Å². The van der Waals surface area contributed by atoms with E-state index in [9.17, 15) is 9.59 Å². The van der Waals surface area contributed by atoms with Crippen molar-refractivity contribution >= 4 is 46.4 Å². The Bertz CT molecular complexity index is 2050. The molecule has 8 nitrogen and oxygen atoms in total. The molecule has 0 spiro atoms. The summed E-state index contributed by atoms with van der Waals surface area (Å²) in [7, 11) is 0. The normalized spacial score (nSPS) is 12.7. The molecule has 336 valence electrons. The molecule has 0 saturated heterocycles. The van der Waals surface area contributed by atoms with Crippen molar-refractivity contribution in [2.45, 2.75) is 131 Å². The minimum atomic E-state index is -0.311. The fourth-order valence-electron chi connectivity index (χ4n) is 7.85. The molecule has 62 heavy (non-hydrogen) atoms. The highest BCUT2D eigenvalue weighted by Gasteiger charge is 2.28. The molecule has 0 aromatic heterocycles. The number of hydrogen-bond acceptors (Lipinski definition) is 6. The Hall–Kier alpha value is -4.40. The highest BCUT2D eigenvalue weighted by Crippen LogP contribution is 2.43. The first-order valence-electron chi connectivity index (χ1n) is 22.4. The third kappa shape index (κ3) is 12.4. The Kier molecular flexibility index (Phi) is 17.1. The number of alkyl halides is 2. The van der Waals surface area contributed by atoms with Gasteiger partial charge in [0.25, 0.3) is 0 Å².